The van der Waals surface area contributed by atoms with E-state index in [1.54, 1.807) is 6.92 Å². The lowest BCUT2D eigenvalue weighted by Crippen LogP contribution is -2.01. The van der Waals surface area contributed by atoms with Crippen LogP contribution in [0.1, 0.15) is 30.9 Å². The summed E-state index contributed by atoms with van der Waals surface area (Å²) in [5.74, 6) is 3.50. The molecular weight excluding hydrogens is 245 g/mol. The molecule has 0 radical (unpaired) electrons. The molecule has 0 aliphatic heterocycles. The maximum Gasteiger partial charge on any atom is 0.317 e. The van der Waals surface area contributed by atoms with Gasteiger partial charge in [0, 0.05) is 5.56 Å². The highest BCUT2D eigenvalue weighted by Gasteiger charge is 2.12. The van der Waals surface area contributed by atoms with Gasteiger partial charge in [-0.1, -0.05) is 11.8 Å². The monoisotopic (exact) mass is 256 g/mol. The highest BCUT2D eigenvalue weighted by molar-refractivity contribution is 5.72. The number of carbonyl (C=O) groups is 1. The predicted octanol–water partition coefficient (Wildman–Crippen LogP) is 3.07. The number of benzene rings is 1. The van der Waals surface area contributed by atoms with Gasteiger partial charge in [-0.05, 0) is 25.1 Å². The van der Waals surface area contributed by atoms with E-state index in [2.05, 4.69) is 16.6 Å². The van der Waals surface area contributed by atoms with Gasteiger partial charge in [0.1, 0.15) is 12.2 Å². The molecule has 0 aliphatic carbocycles. The second-order valence-electron chi connectivity index (χ2n) is 3.32. The summed E-state index contributed by atoms with van der Waals surface area (Å²) in [5.41, 5.74) is -0.424. The van der Waals surface area contributed by atoms with Gasteiger partial charge in [-0.25, -0.2) is 13.2 Å². The highest BCUT2D eigenvalue weighted by Crippen LogP contribution is 2.22. The zero-order valence-corrected chi connectivity index (χ0v) is 9.67. The van der Waals surface area contributed by atoms with Crippen LogP contribution in [0.15, 0.2) is 18.2 Å². The van der Waals surface area contributed by atoms with E-state index in [-0.39, 0.29) is 18.6 Å². The zero-order chi connectivity index (χ0) is 13.5. The van der Waals surface area contributed by atoms with Crippen molar-refractivity contribution in [3.05, 3.63) is 35.1 Å². The van der Waals surface area contributed by atoms with Crippen LogP contribution in [0.5, 0.6) is 0 Å². The van der Waals surface area contributed by atoms with Gasteiger partial charge >= 0.3 is 5.97 Å². The fourth-order valence-corrected chi connectivity index (χ4v) is 1.21. The smallest absolute Gasteiger partial charge is 0.317 e. The van der Waals surface area contributed by atoms with Crippen LogP contribution in [0.25, 0.3) is 0 Å². The van der Waals surface area contributed by atoms with Crippen LogP contribution in [0, 0.1) is 17.7 Å². The third-order valence-electron chi connectivity index (χ3n) is 2.01. The first-order chi connectivity index (χ1) is 8.54. The Morgan fingerprint density at radius 2 is 2.17 bits per heavy atom. The summed E-state index contributed by atoms with van der Waals surface area (Å²) in [6.45, 7) is 1.93. The molecule has 0 aliphatic rings. The number of rotatable bonds is 3. The number of hydrogen-bond donors (Lipinski definition) is 0. The molecule has 0 aromatic heterocycles. The summed E-state index contributed by atoms with van der Waals surface area (Å²) in [5, 5.41) is 0. The number of carbonyl (C=O) groups excluding carboxylic acids is 1. The van der Waals surface area contributed by atoms with E-state index in [1.165, 1.54) is 6.07 Å². The maximum atomic E-state index is 13.2. The summed E-state index contributed by atoms with van der Waals surface area (Å²) in [6.07, 6.45) is -2.97. The highest BCUT2D eigenvalue weighted by atomic mass is 19.3. The minimum Gasteiger partial charge on any atom is -0.465 e. The van der Waals surface area contributed by atoms with Gasteiger partial charge in [-0.2, -0.15) is 0 Å². The second kappa shape index (κ2) is 6.70. The molecule has 0 unspecified atom stereocenters. The van der Waals surface area contributed by atoms with Crippen molar-refractivity contribution in [3.8, 4) is 11.8 Å². The molecule has 1 rings (SSSR count). The van der Waals surface area contributed by atoms with E-state index in [9.17, 15) is 18.0 Å². The van der Waals surface area contributed by atoms with Crippen LogP contribution in [-0.2, 0) is 9.53 Å². The first-order valence-corrected chi connectivity index (χ1v) is 5.26. The molecule has 1 aromatic carbocycles. The Labute approximate surface area is 103 Å². The van der Waals surface area contributed by atoms with E-state index < -0.39 is 23.8 Å². The Morgan fingerprint density at radius 1 is 1.44 bits per heavy atom. The number of ether oxygens (including phenoxy) is 1. The van der Waals surface area contributed by atoms with Crippen LogP contribution in [0.2, 0.25) is 0 Å². The number of esters is 1. The largest absolute Gasteiger partial charge is 0.465 e. The topological polar surface area (TPSA) is 26.3 Å². The third kappa shape index (κ3) is 4.13. The van der Waals surface area contributed by atoms with Crippen molar-refractivity contribution < 1.29 is 22.7 Å². The molecule has 0 N–H and O–H groups in total. The molecule has 96 valence electrons. The Bertz CT molecular complexity index is 487. The molecule has 0 saturated carbocycles. The summed E-state index contributed by atoms with van der Waals surface area (Å²) in [7, 11) is 0. The standard InChI is InChI=1S/C13H11F3O2/c1-2-18-12(17)5-3-4-9-6-7-10(13(15)16)11(14)8-9/h6-8,13H,2,5H2,1H3. The first-order valence-electron chi connectivity index (χ1n) is 5.26. The minimum atomic E-state index is -2.86. The van der Waals surface area contributed by atoms with Gasteiger partial charge < -0.3 is 4.74 Å². The quantitative estimate of drug-likeness (QED) is 0.613. The lowest BCUT2D eigenvalue weighted by molar-refractivity contribution is -0.141. The molecule has 0 spiro atoms. The Kier molecular flexibility index (Phi) is 5.25. The van der Waals surface area contributed by atoms with Gasteiger partial charge in [0.05, 0.1) is 12.2 Å². The first kappa shape index (κ1) is 14.1. The molecule has 0 atom stereocenters. The zero-order valence-electron chi connectivity index (χ0n) is 9.67. The Morgan fingerprint density at radius 3 is 2.72 bits per heavy atom. The molecule has 18 heavy (non-hydrogen) atoms. The SMILES string of the molecule is CCOC(=O)CC#Cc1ccc(C(F)F)c(F)c1. The van der Waals surface area contributed by atoms with Crippen LogP contribution in [-0.4, -0.2) is 12.6 Å². The van der Waals surface area contributed by atoms with Gasteiger partial charge in [-0.3, -0.25) is 4.79 Å². The van der Waals surface area contributed by atoms with Crippen molar-refractivity contribution in [1.29, 1.82) is 0 Å². The lowest BCUT2D eigenvalue weighted by atomic mass is 10.1. The summed E-state index contributed by atoms with van der Waals surface area (Å²) in [4.78, 5) is 10.9. The van der Waals surface area contributed by atoms with E-state index >= 15 is 0 Å². The predicted molar refractivity (Wildman–Crippen MR) is 59.5 cm³/mol. The van der Waals surface area contributed by atoms with Crippen LogP contribution < -0.4 is 0 Å². The molecule has 0 bridgehead atoms. The van der Waals surface area contributed by atoms with Crippen molar-refractivity contribution in [3.63, 3.8) is 0 Å². The number of halogens is 3. The fourth-order valence-electron chi connectivity index (χ4n) is 1.21. The van der Waals surface area contributed by atoms with E-state index in [0.717, 1.165) is 12.1 Å². The molecule has 2 nitrogen and oxygen atoms in total. The molecule has 1 aromatic rings. The van der Waals surface area contributed by atoms with Crippen LogP contribution in [0.4, 0.5) is 13.2 Å². The van der Waals surface area contributed by atoms with Gasteiger partial charge in [0.25, 0.3) is 6.43 Å². The normalized spacial score (nSPS) is 9.83. The Hall–Kier alpha value is -1.96. The maximum absolute atomic E-state index is 13.2. The fraction of sp³-hybridized carbons (Fsp3) is 0.308. The summed E-state index contributed by atoms with van der Waals surface area (Å²) < 4.78 is 42.3. The summed E-state index contributed by atoms with van der Waals surface area (Å²) in [6, 6.07) is 3.18. The number of alkyl halides is 2. The molecule has 0 saturated heterocycles. The Balaban J connectivity index is 2.72. The molecule has 0 heterocycles. The van der Waals surface area contributed by atoms with Crippen molar-refractivity contribution in [1.82, 2.24) is 0 Å². The van der Waals surface area contributed by atoms with Crippen molar-refractivity contribution >= 4 is 5.97 Å². The average Bonchev–Trinajstić information content (AvgIpc) is 2.29. The van der Waals surface area contributed by atoms with E-state index in [4.69, 9.17) is 0 Å². The summed E-state index contributed by atoms with van der Waals surface area (Å²) >= 11 is 0. The minimum absolute atomic E-state index is 0.119. The van der Waals surface area contributed by atoms with Gasteiger partial charge in [-0.15, -0.1) is 0 Å². The van der Waals surface area contributed by atoms with E-state index in [1.807, 2.05) is 0 Å². The van der Waals surface area contributed by atoms with Gasteiger partial charge in [0.15, 0.2) is 0 Å². The average molecular weight is 256 g/mol. The molecular formula is C13H11F3O2. The van der Waals surface area contributed by atoms with Crippen molar-refractivity contribution in [2.24, 2.45) is 0 Å². The van der Waals surface area contributed by atoms with E-state index in [0.29, 0.717) is 0 Å². The third-order valence-corrected chi connectivity index (χ3v) is 2.01. The van der Waals surface area contributed by atoms with Crippen LogP contribution >= 0.6 is 0 Å². The van der Waals surface area contributed by atoms with Gasteiger partial charge in [0.2, 0.25) is 0 Å². The second-order valence-corrected chi connectivity index (χ2v) is 3.32. The van der Waals surface area contributed by atoms with Crippen molar-refractivity contribution in [2.45, 2.75) is 19.8 Å². The molecule has 0 amide bonds. The lowest BCUT2D eigenvalue weighted by Gasteiger charge is -2.01. The molecule has 5 heteroatoms. The van der Waals surface area contributed by atoms with Crippen LogP contribution in [0.3, 0.4) is 0 Å². The molecule has 0 fully saturated rings. The van der Waals surface area contributed by atoms with Crippen molar-refractivity contribution in [2.75, 3.05) is 6.61 Å². The number of hydrogen-bond acceptors (Lipinski definition) is 2.